The number of methoxy groups -OCH3 is 1. The minimum absolute atomic E-state index is 0.0526. The summed E-state index contributed by atoms with van der Waals surface area (Å²) in [5.74, 6) is 0.203. The Morgan fingerprint density at radius 3 is 2.36 bits per heavy atom. The van der Waals surface area contributed by atoms with E-state index in [0.717, 1.165) is 0 Å². The number of ether oxygens (including phenoxy) is 1. The van der Waals surface area contributed by atoms with Gasteiger partial charge in [-0.3, -0.25) is 0 Å². The normalized spacial score (nSPS) is 11.4. The lowest BCUT2D eigenvalue weighted by Gasteiger charge is -2.08. The third kappa shape index (κ3) is 2.47. The molecule has 0 aliphatic carbocycles. The van der Waals surface area contributed by atoms with Gasteiger partial charge in [0.15, 0.2) is 0 Å². The van der Waals surface area contributed by atoms with E-state index in [4.69, 9.17) is 9.88 Å². The van der Waals surface area contributed by atoms with Crippen LogP contribution < -0.4 is 9.88 Å². The van der Waals surface area contributed by atoms with Gasteiger partial charge in [0.05, 0.1) is 7.11 Å². The largest absolute Gasteiger partial charge is 0.495 e. The molecule has 1 rings (SSSR count). The minimum Gasteiger partial charge on any atom is -0.495 e. The third-order valence-electron chi connectivity index (χ3n) is 1.48. The molecule has 0 saturated heterocycles. The quantitative estimate of drug-likeness (QED) is 0.890. The fourth-order valence-corrected chi connectivity index (χ4v) is 3.58. The number of rotatable bonds is 2. The Hall–Kier alpha value is -0.110. The van der Waals surface area contributed by atoms with E-state index in [1.54, 1.807) is 6.07 Å². The maximum Gasteiger partial charge on any atom is 0.242 e. The summed E-state index contributed by atoms with van der Waals surface area (Å²) in [5, 5.41) is 5.03. The Morgan fingerprint density at radius 1 is 1.36 bits per heavy atom. The van der Waals surface area contributed by atoms with Crippen molar-refractivity contribution in [1.29, 1.82) is 0 Å². The summed E-state index contributed by atoms with van der Waals surface area (Å²) in [5.41, 5.74) is 0. The standard InChI is InChI=1S/C7H7Br2NO3S/c1-13-6-3-4(8)2-5(9)7(6)14(10,11)12/h2-3H,1H3,(H2,10,11,12). The first-order chi connectivity index (χ1) is 6.36. The molecule has 0 aromatic heterocycles. The number of hydrogen-bond acceptors (Lipinski definition) is 3. The average molecular weight is 345 g/mol. The van der Waals surface area contributed by atoms with Crippen LogP contribution in [0.2, 0.25) is 0 Å². The Bertz CT molecular complexity index is 458. The fourth-order valence-electron chi connectivity index (χ4n) is 0.964. The lowest BCUT2D eigenvalue weighted by molar-refractivity contribution is 0.402. The number of halogens is 2. The minimum atomic E-state index is -3.79. The Labute approximate surface area is 98.7 Å². The Morgan fingerprint density at radius 2 is 1.93 bits per heavy atom. The molecular weight excluding hydrogens is 338 g/mol. The number of sulfonamides is 1. The molecule has 7 heteroatoms. The highest BCUT2D eigenvalue weighted by molar-refractivity contribution is 9.11. The summed E-state index contributed by atoms with van der Waals surface area (Å²) in [6.07, 6.45) is 0. The summed E-state index contributed by atoms with van der Waals surface area (Å²) < 4.78 is 28.4. The van der Waals surface area contributed by atoms with Gasteiger partial charge < -0.3 is 4.74 Å². The maximum absolute atomic E-state index is 11.2. The zero-order valence-electron chi connectivity index (χ0n) is 7.12. The molecule has 14 heavy (non-hydrogen) atoms. The van der Waals surface area contributed by atoms with Crippen LogP contribution in [0, 0.1) is 0 Å². The van der Waals surface area contributed by atoms with E-state index >= 15 is 0 Å². The zero-order chi connectivity index (χ0) is 10.9. The van der Waals surface area contributed by atoms with Gasteiger partial charge in [0.2, 0.25) is 10.0 Å². The smallest absolute Gasteiger partial charge is 0.242 e. The molecule has 0 bridgehead atoms. The van der Waals surface area contributed by atoms with Gasteiger partial charge in [0.1, 0.15) is 10.6 Å². The van der Waals surface area contributed by atoms with Crippen molar-refractivity contribution < 1.29 is 13.2 Å². The van der Waals surface area contributed by atoms with Crippen LogP contribution in [0.4, 0.5) is 0 Å². The van der Waals surface area contributed by atoms with Crippen molar-refractivity contribution in [2.75, 3.05) is 7.11 Å². The van der Waals surface area contributed by atoms with E-state index in [1.165, 1.54) is 13.2 Å². The van der Waals surface area contributed by atoms with Gasteiger partial charge in [0.25, 0.3) is 0 Å². The molecule has 4 nitrogen and oxygen atoms in total. The second-order valence-electron chi connectivity index (χ2n) is 2.46. The van der Waals surface area contributed by atoms with Crippen molar-refractivity contribution >= 4 is 41.9 Å². The van der Waals surface area contributed by atoms with Crippen LogP contribution in [0.25, 0.3) is 0 Å². The van der Waals surface area contributed by atoms with Crippen LogP contribution in [0.15, 0.2) is 26.0 Å². The SMILES string of the molecule is COc1cc(Br)cc(Br)c1S(N)(=O)=O. The summed E-state index contributed by atoms with van der Waals surface area (Å²) in [6.45, 7) is 0. The lowest BCUT2D eigenvalue weighted by atomic mass is 10.3. The molecule has 1 aromatic carbocycles. The highest BCUT2D eigenvalue weighted by Gasteiger charge is 2.19. The van der Waals surface area contributed by atoms with E-state index < -0.39 is 10.0 Å². The van der Waals surface area contributed by atoms with Crippen LogP contribution in [-0.4, -0.2) is 15.5 Å². The number of nitrogens with two attached hydrogens (primary N) is 1. The van der Waals surface area contributed by atoms with Crippen LogP contribution in [0.1, 0.15) is 0 Å². The fraction of sp³-hybridized carbons (Fsp3) is 0.143. The predicted octanol–water partition coefficient (Wildman–Crippen LogP) is 1.87. The maximum atomic E-state index is 11.2. The highest BCUT2D eigenvalue weighted by atomic mass is 79.9. The zero-order valence-corrected chi connectivity index (χ0v) is 11.1. The van der Waals surface area contributed by atoms with Gasteiger partial charge in [-0.25, -0.2) is 13.6 Å². The molecule has 0 spiro atoms. The van der Waals surface area contributed by atoms with Crippen LogP contribution in [0.3, 0.4) is 0 Å². The molecule has 0 amide bonds. The van der Waals surface area contributed by atoms with Gasteiger partial charge >= 0.3 is 0 Å². The highest BCUT2D eigenvalue weighted by Crippen LogP contribution is 2.33. The predicted molar refractivity (Wildman–Crippen MR) is 59.8 cm³/mol. The molecule has 0 heterocycles. The van der Waals surface area contributed by atoms with Gasteiger partial charge in [-0.2, -0.15) is 0 Å². The molecule has 0 atom stereocenters. The number of primary sulfonamides is 1. The molecular formula is C7H7Br2NO3S. The topological polar surface area (TPSA) is 69.4 Å². The van der Waals surface area contributed by atoms with E-state index in [1.807, 2.05) is 0 Å². The number of hydrogen-bond donors (Lipinski definition) is 1. The molecule has 0 aliphatic heterocycles. The molecule has 78 valence electrons. The van der Waals surface area contributed by atoms with Crippen LogP contribution in [-0.2, 0) is 10.0 Å². The van der Waals surface area contributed by atoms with Crippen molar-refractivity contribution in [3.05, 3.63) is 21.1 Å². The van der Waals surface area contributed by atoms with E-state index in [-0.39, 0.29) is 10.6 Å². The van der Waals surface area contributed by atoms with Crippen molar-refractivity contribution in [3.8, 4) is 5.75 Å². The van der Waals surface area contributed by atoms with Crippen molar-refractivity contribution in [1.82, 2.24) is 0 Å². The Kier molecular flexibility index (Phi) is 3.57. The average Bonchev–Trinajstić information content (AvgIpc) is 1.99. The van der Waals surface area contributed by atoms with Crippen molar-refractivity contribution in [3.63, 3.8) is 0 Å². The molecule has 0 radical (unpaired) electrons. The summed E-state index contributed by atoms with van der Waals surface area (Å²) in [4.78, 5) is -0.0526. The Balaban J connectivity index is 3.57. The second kappa shape index (κ2) is 4.18. The van der Waals surface area contributed by atoms with Gasteiger partial charge in [-0.05, 0) is 28.1 Å². The van der Waals surface area contributed by atoms with Crippen molar-refractivity contribution in [2.24, 2.45) is 5.14 Å². The van der Waals surface area contributed by atoms with Crippen LogP contribution in [0.5, 0.6) is 5.75 Å². The summed E-state index contributed by atoms with van der Waals surface area (Å²) in [6, 6.07) is 3.12. The molecule has 0 aliphatic rings. The first-order valence-electron chi connectivity index (χ1n) is 3.42. The van der Waals surface area contributed by atoms with E-state index in [2.05, 4.69) is 31.9 Å². The molecule has 0 saturated carbocycles. The molecule has 2 N–H and O–H groups in total. The summed E-state index contributed by atoms with van der Waals surface area (Å²) >= 11 is 6.31. The second-order valence-corrected chi connectivity index (χ2v) is 5.73. The third-order valence-corrected chi connectivity index (χ3v) is 3.81. The van der Waals surface area contributed by atoms with Gasteiger partial charge in [-0.15, -0.1) is 0 Å². The lowest BCUT2D eigenvalue weighted by Crippen LogP contribution is -2.14. The monoisotopic (exact) mass is 343 g/mol. The van der Waals surface area contributed by atoms with E-state index in [9.17, 15) is 8.42 Å². The molecule has 1 aromatic rings. The first-order valence-corrected chi connectivity index (χ1v) is 6.55. The molecule has 0 unspecified atom stereocenters. The summed E-state index contributed by atoms with van der Waals surface area (Å²) in [7, 11) is -2.41. The van der Waals surface area contributed by atoms with Crippen molar-refractivity contribution in [2.45, 2.75) is 4.90 Å². The van der Waals surface area contributed by atoms with Gasteiger partial charge in [-0.1, -0.05) is 15.9 Å². The molecule has 0 fully saturated rings. The number of benzene rings is 1. The van der Waals surface area contributed by atoms with Gasteiger partial charge in [0, 0.05) is 8.95 Å². The first kappa shape index (κ1) is 12.0. The van der Waals surface area contributed by atoms with E-state index in [0.29, 0.717) is 8.95 Å². The van der Waals surface area contributed by atoms with Crippen LogP contribution >= 0.6 is 31.9 Å².